The summed E-state index contributed by atoms with van der Waals surface area (Å²) in [7, 11) is 1.24. The second-order valence-electron chi connectivity index (χ2n) is 5.59. The Morgan fingerprint density at radius 3 is 2.84 bits per heavy atom. The molecule has 3 rings (SSSR count). The zero-order valence-corrected chi connectivity index (χ0v) is 13.4. The third-order valence-corrected chi connectivity index (χ3v) is 3.80. The van der Waals surface area contributed by atoms with Crippen molar-refractivity contribution in [2.75, 3.05) is 7.11 Å². The number of nitrogens with zero attached hydrogens (tertiary/aromatic N) is 3. The Morgan fingerprint density at radius 2 is 2.20 bits per heavy atom. The molecule has 0 spiro atoms. The quantitative estimate of drug-likeness (QED) is 0.447. The Hall–Kier alpha value is -3.23. The highest BCUT2D eigenvalue weighted by Gasteiger charge is 2.34. The summed E-state index contributed by atoms with van der Waals surface area (Å²) < 4.78 is 9.79. The summed E-state index contributed by atoms with van der Waals surface area (Å²) in [4.78, 5) is 40.1. The van der Waals surface area contributed by atoms with Crippen LogP contribution in [0.1, 0.15) is 39.6 Å². The van der Waals surface area contributed by atoms with Crippen LogP contribution in [0.4, 0.5) is 5.69 Å². The number of amides is 1. The summed E-state index contributed by atoms with van der Waals surface area (Å²) in [5.41, 5.74) is 0.0996. The van der Waals surface area contributed by atoms with E-state index in [2.05, 4.69) is 9.72 Å². The zero-order valence-electron chi connectivity index (χ0n) is 13.4. The molecule has 0 bridgehead atoms. The number of hydrogen-bond acceptors (Lipinski definition) is 7. The van der Waals surface area contributed by atoms with Crippen molar-refractivity contribution in [3.63, 3.8) is 0 Å². The lowest BCUT2D eigenvalue weighted by atomic mass is 10.1. The summed E-state index contributed by atoms with van der Waals surface area (Å²) in [6.07, 6.45) is 2.85. The predicted molar refractivity (Wildman–Crippen MR) is 83.8 cm³/mol. The molecule has 0 N–H and O–H groups in total. The number of oxazole rings is 1. The molecule has 1 aromatic carbocycles. The zero-order chi connectivity index (χ0) is 18.0. The second-order valence-corrected chi connectivity index (χ2v) is 5.59. The fourth-order valence-corrected chi connectivity index (χ4v) is 2.40. The minimum atomic E-state index is -0.627. The second kappa shape index (κ2) is 6.71. The minimum absolute atomic E-state index is 0.0241. The topological polar surface area (TPSA) is 116 Å². The lowest BCUT2D eigenvalue weighted by Crippen LogP contribution is -2.32. The number of benzene rings is 1. The number of nitro groups is 1. The molecule has 0 aliphatic heterocycles. The summed E-state index contributed by atoms with van der Waals surface area (Å²) >= 11 is 0. The van der Waals surface area contributed by atoms with Crippen LogP contribution in [0.15, 0.2) is 34.9 Å². The molecule has 2 aromatic rings. The van der Waals surface area contributed by atoms with E-state index in [1.807, 2.05) is 0 Å². The largest absolute Gasteiger partial charge is 0.464 e. The van der Waals surface area contributed by atoms with Gasteiger partial charge in [0.05, 0.1) is 18.6 Å². The number of non-ortho nitro benzene ring substituents is 1. The number of ether oxygens (including phenoxy) is 1. The van der Waals surface area contributed by atoms with E-state index >= 15 is 0 Å². The molecule has 1 aliphatic carbocycles. The number of aromatic nitrogens is 1. The van der Waals surface area contributed by atoms with Gasteiger partial charge in [-0.25, -0.2) is 9.78 Å². The average Bonchev–Trinajstić information content (AvgIpc) is 3.36. The van der Waals surface area contributed by atoms with Crippen molar-refractivity contribution in [1.29, 1.82) is 0 Å². The van der Waals surface area contributed by atoms with E-state index in [1.165, 1.54) is 37.6 Å². The van der Waals surface area contributed by atoms with Crippen molar-refractivity contribution >= 4 is 17.6 Å². The van der Waals surface area contributed by atoms with Gasteiger partial charge in [0.1, 0.15) is 6.26 Å². The molecular weight excluding hydrogens is 330 g/mol. The molecule has 0 radical (unpaired) electrons. The van der Waals surface area contributed by atoms with Crippen LogP contribution >= 0.6 is 0 Å². The van der Waals surface area contributed by atoms with Gasteiger partial charge in [0.15, 0.2) is 5.69 Å². The number of esters is 1. The summed E-state index contributed by atoms with van der Waals surface area (Å²) in [5, 5.41) is 10.9. The van der Waals surface area contributed by atoms with Crippen LogP contribution in [0, 0.1) is 10.1 Å². The number of rotatable bonds is 6. The maximum Gasteiger partial charge on any atom is 0.360 e. The summed E-state index contributed by atoms with van der Waals surface area (Å²) in [6.45, 7) is 0.0726. The van der Waals surface area contributed by atoms with Gasteiger partial charge in [-0.15, -0.1) is 0 Å². The Bertz CT molecular complexity index is 827. The van der Waals surface area contributed by atoms with Gasteiger partial charge >= 0.3 is 5.97 Å². The van der Waals surface area contributed by atoms with E-state index in [0.29, 0.717) is 0 Å². The molecule has 1 aliphatic rings. The number of hydrogen-bond donors (Lipinski definition) is 0. The fourth-order valence-electron chi connectivity index (χ4n) is 2.40. The van der Waals surface area contributed by atoms with Crippen LogP contribution in [-0.2, 0) is 11.3 Å². The van der Waals surface area contributed by atoms with E-state index in [4.69, 9.17) is 4.42 Å². The molecule has 1 fully saturated rings. The third kappa shape index (κ3) is 3.65. The molecule has 0 atom stereocenters. The van der Waals surface area contributed by atoms with Gasteiger partial charge in [0, 0.05) is 23.7 Å². The Labute approximate surface area is 142 Å². The number of nitro benzene ring substituents is 1. The first-order valence-corrected chi connectivity index (χ1v) is 7.57. The van der Waals surface area contributed by atoms with Crippen molar-refractivity contribution in [1.82, 2.24) is 9.88 Å². The molecule has 0 saturated heterocycles. The molecule has 9 nitrogen and oxygen atoms in total. The monoisotopic (exact) mass is 345 g/mol. The van der Waals surface area contributed by atoms with E-state index in [-0.39, 0.29) is 41.3 Å². The van der Waals surface area contributed by atoms with Crippen LogP contribution in [0.2, 0.25) is 0 Å². The van der Waals surface area contributed by atoms with Gasteiger partial charge in [0.2, 0.25) is 5.89 Å². The molecule has 1 amide bonds. The van der Waals surface area contributed by atoms with Gasteiger partial charge < -0.3 is 14.1 Å². The molecule has 9 heteroatoms. The number of carbonyl (C=O) groups excluding carboxylic acids is 2. The van der Waals surface area contributed by atoms with Crippen LogP contribution in [0.5, 0.6) is 0 Å². The Balaban J connectivity index is 1.80. The van der Waals surface area contributed by atoms with Gasteiger partial charge in [-0.05, 0) is 18.9 Å². The molecule has 0 unspecified atom stereocenters. The third-order valence-electron chi connectivity index (χ3n) is 3.80. The van der Waals surface area contributed by atoms with Gasteiger partial charge in [0.25, 0.3) is 11.6 Å². The first-order valence-electron chi connectivity index (χ1n) is 7.57. The SMILES string of the molecule is COC(=O)c1coc(CN(C(=O)c2cccc([N+](=O)[O-])c2)C2CC2)n1. The minimum Gasteiger partial charge on any atom is -0.464 e. The van der Waals surface area contributed by atoms with E-state index in [0.717, 1.165) is 12.8 Å². The highest BCUT2D eigenvalue weighted by atomic mass is 16.6. The lowest BCUT2D eigenvalue weighted by molar-refractivity contribution is -0.384. The standard InChI is InChI=1S/C16H15N3O6/c1-24-16(21)13-9-25-14(17-13)8-18(11-5-6-11)15(20)10-3-2-4-12(7-10)19(22)23/h2-4,7,9,11H,5-6,8H2,1H3. The van der Waals surface area contributed by atoms with Gasteiger partial charge in [-0.1, -0.05) is 6.07 Å². The fraction of sp³-hybridized carbons (Fsp3) is 0.312. The van der Waals surface area contributed by atoms with Crippen molar-refractivity contribution in [2.45, 2.75) is 25.4 Å². The normalized spacial score (nSPS) is 13.3. The van der Waals surface area contributed by atoms with E-state index < -0.39 is 10.9 Å². The average molecular weight is 345 g/mol. The van der Waals surface area contributed by atoms with Crippen LogP contribution < -0.4 is 0 Å². The first-order chi connectivity index (χ1) is 12.0. The van der Waals surface area contributed by atoms with Crippen molar-refractivity contribution < 1.29 is 23.7 Å². The highest BCUT2D eigenvalue weighted by Crippen LogP contribution is 2.30. The molecule has 1 heterocycles. The van der Waals surface area contributed by atoms with Crippen molar-refractivity contribution in [3.8, 4) is 0 Å². The first kappa shape index (κ1) is 16.6. The van der Waals surface area contributed by atoms with Crippen LogP contribution in [0.25, 0.3) is 0 Å². The van der Waals surface area contributed by atoms with Gasteiger partial charge in [-0.3, -0.25) is 14.9 Å². The van der Waals surface area contributed by atoms with E-state index in [1.54, 1.807) is 4.90 Å². The molecule has 25 heavy (non-hydrogen) atoms. The number of carbonyl (C=O) groups is 2. The molecule has 1 aromatic heterocycles. The van der Waals surface area contributed by atoms with Crippen LogP contribution in [0.3, 0.4) is 0 Å². The number of methoxy groups -OCH3 is 1. The lowest BCUT2D eigenvalue weighted by Gasteiger charge is -2.20. The summed E-state index contributed by atoms with van der Waals surface area (Å²) in [6, 6.07) is 5.60. The molecular formula is C16H15N3O6. The summed E-state index contributed by atoms with van der Waals surface area (Å²) in [5.74, 6) is -0.770. The van der Waals surface area contributed by atoms with Crippen molar-refractivity contribution in [2.24, 2.45) is 0 Å². The molecule has 1 saturated carbocycles. The van der Waals surface area contributed by atoms with Crippen molar-refractivity contribution in [3.05, 3.63) is 57.8 Å². The van der Waals surface area contributed by atoms with Crippen LogP contribution in [-0.4, -0.2) is 39.8 Å². The Kier molecular flexibility index (Phi) is 4.46. The highest BCUT2D eigenvalue weighted by molar-refractivity contribution is 5.95. The molecule has 130 valence electrons. The van der Waals surface area contributed by atoms with E-state index in [9.17, 15) is 19.7 Å². The predicted octanol–water partition coefficient (Wildman–Crippen LogP) is 2.17. The maximum atomic E-state index is 12.7. The smallest absolute Gasteiger partial charge is 0.360 e. The van der Waals surface area contributed by atoms with Gasteiger partial charge in [-0.2, -0.15) is 0 Å². The maximum absolute atomic E-state index is 12.7. The Morgan fingerprint density at radius 1 is 1.44 bits per heavy atom.